The molecule has 0 spiro atoms. The number of methoxy groups -OCH3 is 1. The summed E-state index contributed by atoms with van der Waals surface area (Å²) >= 11 is 0. The average Bonchev–Trinajstić information content (AvgIpc) is 2.46. The van der Waals surface area contributed by atoms with Gasteiger partial charge in [0.25, 0.3) is 0 Å². The van der Waals surface area contributed by atoms with E-state index in [4.69, 9.17) is 5.73 Å². The normalized spacial score (nSPS) is 20.2. The Hall–Kier alpha value is -1.44. The lowest BCUT2D eigenvalue weighted by molar-refractivity contribution is 0.0600. The first-order valence-corrected chi connectivity index (χ1v) is 8.25. The van der Waals surface area contributed by atoms with E-state index in [-0.39, 0.29) is 16.5 Å². The Kier molecular flexibility index (Phi) is 4.65. The maximum atomic E-state index is 12.7. The molecule has 6 nitrogen and oxygen atoms in total. The average molecular weight is 312 g/mol. The number of aryl methyl sites for hydroxylation is 1. The molecule has 0 radical (unpaired) electrons. The SMILES string of the molecule is COC(=O)c1ccc(C)c(S(=O)(=O)N2CCC[C@@H](N)C2)c1. The lowest BCUT2D eigenvalue weighted by atomic mass is 10.1. The molecule has 1 heterocycles. The second-order valence-corrected chi connectivity index (χ2v) is 7.14. The van der Waals surface area contributed by atoms with Gasteiger partial charge in [-0.05, 0) is 37.5 Å². The van der Waals surface area contributed by atoms with Crippen molar-refractivity contribution < 1.29 is 17.9 Å². The van der Waals surface area contributed by atoms with Crippen LogP contribution in [0.4, 0.5) is 0 Å². The standard InChI is InChI=1S/C14H20N2O4S/c1-10-5-6-11(14(17)20-2)8-13(10)21(18,19)16-7-3-4-12(15)9-16/h5-6,8,12H,3-4,7,9,15H2,1-2H3/t12-/m1/s1. The molecule has 1 aromatic carbocycles. The van der Waals surface area contributed by atoms with Crippen LogP contribution in [0.5, 0.6) is 0 Å². The highest BCUT2D eigenvalue weighted by Crippen LogP contribution is 2.24. The Bertz CT molecular complexity index is 642. The van der Waals surface area contributed by atoms with E-state index >= 15 is 0 Å². The van der Waals surface area contributed by atoms with E-state index in [0.717, 1.165) is 12.8 Å². The van der Waals surface area contributed by atoms with Crippen molar-refractivity contribution in [2.45, 2.75) is 30.7 Å². The molecular formula is C14H20N2O4S. The summed E-state index contributed by atoms with van der Waals surface area (Å²) in [6.45, 7) is 2.47. The third-order valence-corrected chi connectivity index (χ3v) is 5.65. The van der Waals surface area contributed by atoms with Crippen molar-refractivity contribution in [1.82, 2.24) is 4.31 Å². The quantitative estimate of drug-likeness (QED) is 0.837. The molecule has 0 saturated carbocycles. The summed E-state index contributed by atoms with van der Waals surface area (Å²) in [5.74, 6) is -0.554. The molecule has 1 aliphatic heterocycles. The van der Waals surface area contributed by atoms with Crippen molar-refractivity contribution in [1.29, 1.82) is 0 Å². The number of hydrogen-bond acceptors (Lipinski definition) is 5. The van der Waals surface area contributed by atoms with E-state index < -0.39 is 16.0 Å². The summed E-state index contributed by atoms with van der Waals surface area (Å²) in [5, 5.41) is 0. The summed E-state index contributed by atoms with van der Waals surface area (Å²) in [6.07, 6.45) is 1.57. The molecule has 1 aliphatic rings. The van der Waals surface area contributed by atoms with Gasteiger partial charge in [-0.3, -0.25) is 0 Å². The van der Waals surface area contributed by atoms with Gasteiger partial charge in [-0.1, -0.05) is 6.07 Å². The van der Waals surface area contributed by atoms with Crippen LogP contribution in [0.2, 0.25) is 0 Å². The van der Waals surface area contributed by atoms with Crippen LogP contribution in [-0.4, -0.2) is 44.9 Å². The van der Waals surface area contributed by atoms with Crippen LogP contribution in [0.15, 0.2) is 23.1 Å². The van der Waals surface area contributed by atoms with Crippen molar-refractivity contribution >= 4 is 16.0 Å². The molecule has 0 amide bonds. The van der Waals surface area contributed by atoms with Gasteiger partial charge in [0.1, 0.15) is 0 Å². The zero-order valence-electron chi connectivity index (χ0n) is 12.2. The Labute approximate surface area is 124 Å². The first kappa shape index (κ1) is 15.9. The maximum Gasteiger partial charge on any atom is 0.337 e. The van der Waals surface area contributed by atoms with Gasteiger partial charge in [-0.25, -0.2) is 13.2 Å². The van der Waals surface area contributed by atoms with Gasteiger partial charge in [-0.2, -0.15) is 4.31 Å². The van der Waals surface area contributed by atoms with E-state index in [1.165, 1.54) is 17.5 Å². The minimum Gasteiger partial charge on any atom is -0.465 e. The van der Waals surface area contributed by atoms with Gasteiger partial charge in [0.05, 0.1) is 17.6 Å². The summed E-state index contributed by atoms with van der Waals surface area (Å²) in [7, 11) is -2.38. The fourth-order valence-corrected chi connectivity index (χ4v) is 4.24. The number of hydrogen-bond donors (Lipinski definition) is 1. The predicted octanol–water partition coefficient (Wildman–Crippen LogP) is 0.893. The fourth-order valence-electron chi connectivity index (χ4n) is 2.45. The van der Waals surface area contributed by atoms with Crippen LogP contribution >= 0.6 is 0 Å². The number of nitrogens with zero attached hydrogens (tertiary/aromatic N) is 1. The molecule has 1 atom stereocenters. The lowest BCUT2D eigenvalue weighted by Gasteiger charge is -2.30. The van der Waals surface area contributed by atoms with Crippen molar-refractivity contribution in [2.75, 3.05) is 20.2 Å². The molecule has 0 aliphatic carbocycles. The summed E-state index contributed by atoms with van der Waals surface area (Å²) < 4.78 is 31.5. The molecule has 21 heavy (non-hydrogen) atoms. The number of piperidine rings is 1. The Morgan fingerprint density at radius 3 is 2.76 bits per heavy atom. The molecule has 1 aromatic rings. The van der Waals surface area contributed by atoms with Gasteiger partial charge < -0.3 is 10.5 Å². The highest BCUT2D eigenvalue weighted by molar-refractivity contribution is 7.89. The van der Waals surface area contributed by atoms with Crippen LogP contribution in [0, 0.1) is 6.92 Å². The van der Waals surface area contributed by atoms with E-state index in [9.17, 15) is 13.2 Å². The molecular weight excluding hydrogens is 292 g/mol. The zero-order chi connectivity index (χ0) is 15.6. The minimum absolute atomic E-state index is 0.138. The number of nitrogens with two attached hydrogens (primary N) is 1. The molecule has 0 bridgehead atoms. The minimum atomic E-state index is -3.64. The molecule has 1 saturated heterocycles. The van der Waals surface area contributed by atoms with Gasteiger partial charge in [0.2, 0.25) is 10.0 Å². The highest BCUT2D eigenvalue weighted by atomic mass is 32.2. The first-order chi connectivity index (χ1) is 9.86. The third kappa shape index (κ3) is 3.25. The Morgan fingerprint density at radius 1 is 1.43 bits per heavy atom. The predicted molar refractivity (Wildman–Crippen MR) is 78.5 cm³/mol. The number of rotatable bonds is 3. The van der Waals surface area contributed by atoms with Crippen LogP contribution in [0.1, 0.15) is 28.8 Å². The van der Waals surface area contributed by atoms with E-state index in [1.54, 1.807) is 19.1 Å². The molecule has 1 fully saturated rings. The van der Waals surface area contributed by atoms with E-state index in [1.807, 2.05) is 0 Å². The number of carbonyl (C=O) groups excluding carboxylic acids is 1. The van der Waals surface area contributed by atoms with Gasteiger partial charge >= 0.3 is 5.97 Å². The van der Waals surface area contributed by atoms with E-state index in [2.05, 4.69) is 4.74 Å². The molecule has 0 aromatic heterocycles. The lowest BCUT2D eigenvalue weighted by Crippen LogP contribution is -2.45. The van der Waals surface area contributed by atoms with Crippen LogP contribution in [0.25, 0.3) is 0 Å². The number of ether oxygens (including phenoxy) is 1. The molecule has 116 valence electrons. The molecule has 0 unspecified atom stereocenters. The number of sulfonamides is 1. The molecule has 7 heteroatoms. The number of benzene rings is 1. The van der Waals surface area contributed by atoms with Crippen LogP contribution < -0.4 is 5.73 Å². The second-order valence-electron chi connectivity index (χ2n) is 5.24. The van der Waals surface area contributed by atoms with E-state index in [0.29, 0.717) is 18.7 Å². The molecule has 2 rings (SSSR count). The topological polar surface area (TPSA) is 89.7 Å². The van der Waals surface area contributed by atoms with Crippen molar-refractivity contribution in [2.24, 2.45) is 5.73 Å². The van der Waals surface area contributed by atoms with Gasteiger partial charge in [0.15, 0.2) is 0 Å². The highest BCUT2D eigenvalue weighted by Gasteiger charge is 2.30. The monoisotopic (exact) mass is 312 g/mol. The third-order valence-electron chi connectivity index (χ3n) is 3.65. The Balaban J connectivity index is 2.41. The van der Waals surface area contributed by atoms with Crippen LogP contribution in [0.3, 0.4) is 0 Å². The zero-order valence-corrected chi connectivity index (χ0v) is 13.0. The summed E-state index contributed by atoms with van der Waals surface area (Å²) in [4.78, 5) is 11.7. The first-order valence-electron chi connectivity index (χ1n) is 6.81. The fraction of sp³-hybridized carbons (Fsp3) is 0.500. The Morgan fingerprint density at radius 2 is 2.14 bits per heavy atom. The van der Waals surface area contributed by atoms with Crippen molar-refractivity contribution in [3.05, 3.63) is 29.3 Å². The largest absolute Gasteiger partial charge is 0.465 e. The van der Waals surface area contributed by atoms with Crippen molar-refractivity contribution in [3.63, 3.8) is 0 Å². The number of carbonyl (C=O) groups is 1. The van der Waals surface area contributed by atoms with Crippen LogP contribution in [-0.2, 0) is 14.8 Å². The van der Waals surface area contributed by atoms with Crippen molar-refractivity contribution in [3.8, 4) is 0 Å². The van der Waals surface area contributed by atoms with Gasteiger partial charge in [0, 0.05) is 19.1 Å². The summed E-state index contributed by atoms with van der Waals surface area (Å²) in [5.41, 5.74) is 6.68. The van der Waals surface area contributed by atoms with Gasteiger partial charge in [-0.15, -0.1) is 0 Å². The number of esters is 1. The summed E-state index contributed by atoms with van der Waals surface area (Å²) in [6, 6.07) is 4.40. The molecule has 2 N–H and O–H groups in total. The second kappa shape index (κ2) is 6.13. The maximum absolute atomic E-state index is 12.7. The smallest absolute Gasteiger partial charge is 0.337 e.